The lowest BCUT2D eigenvalue weighted by Gasteiger charge is -1.79. The van der Waals surface area contributed by atoms with Gasteiger partial charge < -0.3 is 4.65 Å². The molecule has 0 radical (unpaired) electrons. The molecule has 0 unspecified atom stereocenters. The van der Waals surface area contributed by atoms with E-state index in [-0.39, 0.29) is 0 Å². The van der Waals surface area contributed by atoms with Crippen molar-refractivity contribution in [3.63, 3.8) is 0 Å². The normalized spacial score (nSPS) is 21.0. The second kappa shape index (κ2) is 1.25. The summed E-state index contributed by atoms with van der Waals surface area (Å²) in [6, 6.07) is 0. The van der Waals surface area contributed by atoms with Gasteiger partial charge in [-0.15, -0.1) is 0 Å². The van der Waals surface area contributed by atoms with Crippen molar-refractivity contribution < 1.29 is 9.14 Å². The van der Waals surface area contributed by atoms with E-state index in [1.54, 1.807) is 6.26 Å². The quantitative estimate of drug-likeness (QED) is 0.388. The van der Waals surface area contributed by atoms with E-state index in [2.05, 4.69) is 0 Å². The van der Waals surface area contributed by atoms with E-state index in [1.807, 2.05) is 22.9 Å². The van der Waals surface area contributed by atoms with Crippen LogP contribution in [0.2, 0.25) is 0 Å². The van der Waals surface area contributed by atoms with Gasteiger partial charge in [-0.2, -0.15) is 0 Å². The van der Waals surface area contributed by atoms with Crippen LogP contribution in [0.4, 0.5) is 0 Å². The first-order valence-electron chi connectivity index (χ1n) is 2.57. The lowest BCUT2D eigenvalue weighted by atomic mass is 10.3. The van der Waals surface area contributed by atoms with Crippen LogP contribution in [0.25, 0.3) is 0 Å². The van der Waals surface area contributed by atoms with E-state index < -0.39 is 0 Å². The first-order chi connectivity index (χ1) is 3.97. The molecule has 0 saturated heterocycles. The third-order valence-electron chi connectivity index (χ3n) is 1.28. The minimum absolute atomic E-state index is 0.683. The Morgan fingerprint density at radius 1 is 1.62 bits per heavy atom. The Hall–Kier alpha value is -0.985. The topological polar surface area (TPSA) is 12.2 Å². The average molecular weight is 106 g/mol. The molecule has 2 nitrogen and oxygen atoms in total. The molecule has 0 N–H and O–H groups in total. The van der Waals surface area contributed by atoms with Crippen molar-refractivity contribution in [2.75, 3.05) is 0 Å². The summed E-state index contributed by atoms with van der Waals surface area (Å²) >= 11 is 0. The summed E-state index contributed by atoms with van der Waals surface area (Å²) in [6.45, 7) is 0. The number of rotatable bonds is 0. The van der Waals surface area contributed by atoms with Gasteiger partial charge >= 0.3 is 7.62 Å². The summed E-state index contributed by atoms with van der Waals surface area (Å²) in [5, 5.41) is 0. The minimum atomic E-state index is 0.683. The third kappa shape index (κ3) is 0.359. The van der Waals surface area contributed by atoms with Gasteiger partial charge in [0.15, 0.2) is 0 Å². The Morgan fingerprint density at radius 3 is 3.50 bits per heavy atom. The summed E-state index contributed by atoms with van der Waals surface area (Å²) in [4.78, 5) is 0. The zero-order valence-electron chi connectivity index (χ0n) is 4.37. The van der Waals surface area contributed by atoms with Crippen molar-refractivity contribution in [3.8, 4) is 0 Å². The molecule has 38 valence electrons. The molecule has 0 spiro atoms. The molecule has 2 heterocycles. The standard InChI is InChI=1S/C5H5BNO/c1-2-5-4-8-6-7(5)3-1/h1-4,6H/q+1. The number of fused-ring (bicyclic) bond motifs is 1. The van der Waals surface area contributed by atoms with Gasteiger partial charge in [-0.05, 0) is 0 Å². The third-order valence-corrected chi connectivity index (χ3v) is 1.28. The number of hydrogen-bond donors (Lipinski definition) is 0. The van der Waals surface area contributed by atoms with Gasteiger partial charge in [-0.1, -0.05) is 0 Å². The second-order valence-electron chi connectivity index (χ2n) is 1.82. The van der Waals surface area contributed by atoms with Crippen LogP contribution in [0.1, 0.15) is 0 Å². The molecule has 0 bridgehead atoms. The van der Waals surface area contributed by atoms with Crippen molar-refractivity contribution in [2.24, 2.45) is 0 Å². The lowest BCUT2D eigenvalue weighted by molar-refractivity contribution is -0.305. The molecule has 0 aromatic carbocycles. The predicted molar refractivity (Wildman–Crippen MR) is 31.8 cm³/mol. The molecule has 2 rings (SSSR count). The Bertz CT molecular complexity index is 204. The SMILES string of the molecule is B1OC=C2C=CC=[N+]12. The van der Waals surface area contributed by atoms with Crippen molar-refractivity contribution in [3.05, 3.63) is 24.1 Å². The summed E-state index contributed by atoms with van der Waals surface area (Å²) < 4.78 is 7.03. The summed E-state index contributed by atoms with van der Waals surface area (Å²) in [6.07, 6.45) is 7.79. The largest absolute Gasteiger partial charge is 0.711 e. The van der Waals surface area contributed by atoms with E-state index >= 15 is 0 Å². The Balaban J connectivity index is 2.49. The van der Waals surface area contributed by atoms with Crippen LogP contribution in [0, 0.1) is 0 Å². The molecule has 0 atom stereocenters. The van der Waals surface area contributed by atoms with Crippen LogP contribution in [0.5, 0.6) is 0 Å². The van der Waals surface area contributed by atoms with Gasteiger partial charge in [-0.3, -0.25) is 0 Å². The smallest absolute Gasteiger partial charge is 0.503 e. The van der Waals surface area contributed by atoms with Crippen LogP contribution in [-0.4, -0.2) is 18.3 Å². The molecule has 0 aromatic rings. The molecule has 0 fully saturated rings. The fourth-order valence-electron chi connectivity index (χ4n) is 0.855. The summed E-state index contributed by atoms with van der Waals surface area (Å²) in [5.41, 5.74) is 1.16. The van der Waals surface area contributed by atoms with Gasteiger partial charge in [0.25, 0.3) is 0 Å². The molecule has 3 heteroatoms. The molecular formula is C5H5BNO+. The monoisotopic (exact) mass is 106 g/mol. The van der Waals surface area contributed by atoms with Crippen LogP contribution in [-0.2, 0) is 4.65 Å². The fourth-order valence-corrected chi connectivity index (χ4v) is 0.855. The molecule has 0 amide bonds. The van der Waals surface area contributed by atoms with E-state index in [4.69, 9.17) is 4.65 Å². The van der Waals surface area contributed by atoms with Crippen LogP contribution >= 0.6 is 0 Å². The van der Waals surface area contributed by atoms with Gasteiger partial charge in [0.1, 0.15) is 12.5 Å². The van der Waals surface area contributed by atoms with Gasteiger partial charge in [0, 0.05) is 12.2 Å². The average Bonchev–Trinajstić information content (AvgIpc) is 2.15. The van der Waals surface area contributed by atoms with Crippen LogP contribution in [0.3, 0.4) is 0 Å². The molecule has 2 aliphatic rings. The van der Waals surface area contributed by atoms with Gasteiger partial charge in [0.05, 0.1) is 0 Å². The zero-order valence-corrected chi connectivity index (χ0v) is 4.37. The van der Waals surface area contributed by atoms with Gasteiger partial charge in [0.2, 0.25) is 5.70 Å². The Morgan fingerprint density at radius 2 is 2.62 bits per heavy atom. The highest BCUT2D eigenvalue weighted by molar-refractivity contribution is 6.19. The van der Waals surface area contributed by atoms with E-state index in [1.165, 1.54) is 0 Å². The van der Waals surface area contributed by atoms with Crippen molar-refractivity contribution in [1.82, 2.24) is 0 Å². The van der Waals surface area contributed by atoms with Crippen LogP contribution < -0.4 is 0 Å². The zero-order chi connectivity index (χ0) is 5.40. The second-order valence-corrected chi connectivity index (χ2v) is 1.82. The first-order valence-corrected chi connectivity index (χ1v) is 2.57. The number of nitrogens with zero attached hydrogens (tertiary/aromatic N) is 1. The first kappa shape index (κ1) is 3.95. The predicted octanol–water partition coefficient (Wildman–Crippen LogP) is -0.222. The number of allylic oxidation sites excluding steroid dienone is 2. The highest BCUT2D eigenvalue weighted by Crippen LogP contribution is 2.08. The van der Waals surface area contributed by atoms with E-state index in [9.17, 15) is 0 Å². The summed E-state index contributed by atoms with van der Waals surface area (Å²) in [7, 11) is 0.683. The van der Waals surface area contributed by atoms with Gasteiger partial charge in [-0.25, -0.2) is 4.49 Å². The maximum absolute atomic E-state index is 4.99. The van der Waals surface area contributed by atoms with Crippen molar-refractivity contribution in [1.29, 1.82) is 0 Å². The van der Waals surface area contributed by atoms with E-state index in [0.29, 0.717) is 7.62 Å². The maximum atomic E-state index is 4.99. The van der Waals surface area contributed by atoms with Crippen molar-refractivity contribution in [2.45, 2.75) is 0 Å². The van der Waals surface area contributed by atoms with E-state index in [0.717, 1.165) is 5.70 Å². The minimum Gasteiger partial charge on any atom is -0.503 e. The highest BCUT2D eigenvalue weighted by Gasteiger charge is 2.24. The lowest BCUT2D eigenvalue weighted by Crippen LogP contribution is -2.06. The maximum Gasteiger partial charge on any atom is 0.711 e. The highest BCUT2D eigenvalue weighted by atomic mass is 16.4. The molecule has 0 saturated carbocycles. The molecular weight excluding hydrogens is 101 g/mol. The summed E-state index contributed by atoms with van der Waals surface area (Å²) in [5.74, 6) is 0. The number of hydrogen-bond acceptors (Lipinski definition) is 1. The Kier molecular flexibility index (Phi) is 0.616. The molecule has 0 aliphatic carbocycles. The molecule has 8 heavy (non-hydrogen) atoms. The fraction of sp³-hybridized carbons (Fsp3) is 0. The van der Waals surface area contributed by atoms with Crippen molar-refractivity contribution >= 4 is 13.8 Å². The molecule has 2 aliphatic heterocycles. The Labute approximate surface area is 48.1 Å². The van der Waals surface area contributed by atoms with Crippen LogP contribution in [0.15, 0.2) is 24.1 Å². The molecule has 0 aromatic heterocycles.